The Kier molecular flexibility index (Phi) is 5.25. The van der Waals surface area contributed by atoms with Crippen LogP contribution in [0.15, 0.2) is 59.6 Å². The fourth-order valence-electron chi connectivity index (χ4n) is 2.41. The summed E-state index contributed by atoms with van der Waals surface area (Å²) in [7, 11) is 1.31. The smallest absolute Gasteiger partial charge is 0.310 e. The van der Waals surface area contributed by atoms with Crippen molar-refractivity contribution >= 4 is 40.0 Å². The molecule has 1 atom stereocenters. The number of nitrogens with zero attached hydrogens (tertiary/aromatic N) is 1. The van der Waals surface area contributed by atoms with E-state index in [2.05, 4.69) is 15.6 Å². The molecule has 25 heavy (non-hydrogen) atoms. The summed E-state index contributed by atoms with van der Waals surface area (Å²) in [5.74, 6) is -0.252. The Morgan fingerprint density at radius 3 is 2.76 bits per heavy atom. The zero-order valence-corrected chi connectivity index (χ0v) is 14.5. The minimum Gasteiger partial charge on any atom is -0.469 e. The van der Waals surface area contributed by atoms with Crippen LogP contribution in [0.4, 0.5) is 17.1 Å². The summed E-state index contributed by atoms with van der Waals surface area (Å²) in [6, 6.07) is 17.1. The van der Waals surface area contributed by atoms with Gasteiger partial charge in [-0.15, -0.1) is 0 Å². The molecular formula is C18H19N3O3S. The lowest BCUT2D eigenvalue weighted by Gasteiger charge is -2.31. The third-order valence-electron chi connectivity index (χ3n) is 3.63. The van der Waals surface area contributed by atoms with Crippen molar-refractivity contribution in [3.8, 4) is 0 Å². The third kappa shape index (κ3) is 4.52. The predicted octanol–water partition coefficient (Wildman–Crippen LogP) is 3.20. The molecule has 0 radical (unpaired) electrons. The average molecular weight is 357 g/mol. The van der Waals surface area contributed by atoms with Crippen molar-refractivity contribution in [2.45, 2.75) is 12.1 Å². The molecular weight excluding hydrogens is 338 g/mol. The molecule has 6 nitrogen and oxygen atoms in total. The van der Waals surface area contributed by atoms with E-state index in [-0.39, 0.29) is 12.2 Å². The maximum absolute atomic E-state index is 11.7. The highest BCUT2D eigenvalue weighted by atomic mass is 32.2. The number of rotatable bonds is 3. The highest BCUT2D eigenvalue weighted by Gasteiger charge is 2.33. The van der Waals surface area contributed by atoms with Crippen molar-refractivity contribution in [1.82, 2.24) is 0 Å². The number of amidine groups is 1. The molecule has 1 heterocycles. The van der Waals surface area contributed by atoms with Gasteiger partial charge in [0.25, 0.3) is 0 Å². The molecule has 0 saturated heterocycles. The van der Waals surface area contributed by atoms with E-state index in [0.29, 0.717) is 16.5 Å². The standard InChI is InChI=1S/C18H19N3O3S/c1-24-16(22)11-18(23)12-25-17(19-13-7-3-2-4-8-13)20-14-9-5-6-10-15(14)21-18/h2-10,21,23H,11-12H2,1H3,(H,19,20). The number of benzene rings is 2. The molecule has 3 rings (SSSR count). The van der Waals surface area contributed by atoms with Crippen molar-refractivity contribution < 1.29 is 14.6 Å². The van der Waals surface area contributed by atoms with Gasteiger partial charge in [0.15, 0.2) is 10.9 Å². The van der Waals surface area contributed by atoms with E-state index in [1.54, 1.807) is 0 Å². The van der Waals surface area contributed by atoms with Crippen LogP contribution < -0.4 is 10.6 Å². The molecule has 2 aromatic rings. The number of hydrogen-bond acceptors (Lipinski definition) is 7. The third-order valence-corrected chi connectivity index (χ3v) is 4.72. The number of thioether (sulfide) groups is 1. The van der Waals surface area contributed by atoms with Gasteiger partial charge in [0, 0.05) is 11.4 Å². The number of nitrogens with one attached hydrogen (secondary N) is 2. The van der Waals surface area contributed by atoms with Gasteiger partial charge in [-0.2, -0.15) is 0 Å². The Balaban J connectivity index is 1.91. The first-order chi connectivity index (χ1) is 12.1. The van der Waals surface area contributed by atoms with E-state index in [1.807, 2.05) is 54.6 Å². The van der Waals surface area contributed by atoms with Crippen LogP contribution in [0.5, 0.6) is 0 Å². The van der Waals surface area contributed by atoms with Gasteiger partial charge in [-0.1, -0.05) is 42.1 Å². The van der Waals surface area contributed by atoms with Gasteiger partial charge in [-0.3, -0.25) is 4.79 Å². The first-order valence-corrected chi connectivity index (χ1v) is 8.76. The number of hydrogen-bond donors (Lipinski definition) is 3. The second kappa shape index (κ2) is 7.58. The highest BCUT2D eigenvalue weighted by molar-refractivity contribution is 8.14. The van der Waals surface area contributed by atoms with E-state index in [1.165, 1.54) is 18.9 Å². The van der Waals surface area contributed by atoms with E-state index in [4.69, 9.17) is 4.74 Å². The molecule has 130 valence electrons. The minimum atomic E-state index is -1.44. The zero-order valence-electron chi connectivity index (χ0n) is 13.7. The molecule has 0 spiro atoms. The molecule has 0 amide bonds. The Morgan fingerprint density at radius 2 is 2.00 bits per heavy atom. The number of fused-ring (bicyclic) bond motifs is 1. The number of aliphatic hydroxyl groups is 1. The summed E-state index contributed by atoms with van der Waals surface area (Å²) in [6.07, 6.45) is -0.163. The first kappa shape index (κ1) is 17.3. The Labute approximate surface area is 150 Å². The van der Waals surface area contributed by atoms with Crippen molar-refractivity contribution in [2.24, 2.45) is 4.99 Å². The summed E-state index contributed by atoms with van der Waals surface area (Å²) >= 11 is 1.33. The number of carbonyl (C=O) groups is 1. The lowest BCUT2D eigenvalue weighted by Crippen LogP contribution is -2.44. The molecule has 7 heteroatoms. The van der Waals surface area contributed by atoms with Crippen LogP contribution in [-0.4, -0.2) is 34.8 Å². The van der Waals surface area contributed by atoms with Crippen LogP contribution in [0.2, 0.25) is 0 Å². The fourth-order valence-corrected chi connectivity index (χ4v) is 3.31. The lowest BCUT2D eigenvalue weighted by molar-refractivity contribution is -0.144. The summed E-state index contributed by atoms with van der Waals surface area (Å²) in [4.78, 5) is 16.3. The number of carbonyl (C=O) groups excluding carboxylic acids is 1. The van der Waals surface area contributed by atoms with Gasteiger partial charge in [-0.05, 0) is 24.3 Å². The van der Waals surface area contributed by atoms with Crippen LogP contribution in [0.25, 0.3) is 0 Å². The number of anilines is 2. The van der Waals surface area contributed by atoms with E-state index < -0.39 is 11.7 Å². The largest absolute Gasteiger partial charge is 0.469 e. The monoisotopic (exact) mass is 357 g/mol. The SMILES string of the molecule is COC(=O)CC1(O)CSC(Nc2ccccc2)=Nc2ccccc2N1. The van der Waals surface area contributed by atoms with Crippen molar-refractivity contribution in [2.75, 3.05) is 23.5 Å². The van der Waals surface area contributed by atoms with Crippen molar-refractivity contribution in [3.63, 3.8) is 0 Å². The van der Waals surface area contributed by atoms with Gasteiger partial charge < -0.3 is 20.5 Å². The van der Waals surface area contributed by atoms with Crippen LogP contribution in [0.3, 0.4) is 0 Å². The van der Waals surface area contributed by atoms with Crippen molar-refractivity contribution in [3.05, 3.63) is 54.6 Å². The average Bonchev–Trinajstić information content (AvgIpc) is 2.61. The molecule has 0 aromatic heterocycles. The molecule has 0 fully saturated rings. The topological polar surface area (TPSA) is 83.0 Å². The number of aliphatic imine (C=N–C) groups is 1. The highest BCUT2D eigenvalue weighted by Crippen LogP contribution is 2.33. The molecule has 1 aliphatic heterocycles. The van der Waals surface area contributed by atoms with E-state index in [9.17, 15) is 9.90 Å². The van der Waals surface area contributed by atoms with Gasteiger partial charge >= 0.3 is 5.97 Å². The number of esters is 1. The zero-order chi connectivity index (χ0) is 17.7. The molecule has 0 saturated carbocycles. The molecule has 1 unspecified atom stereocenters. The van der Waals surface area contributed by atoms with E-state index >= 15 is 0 Å². The van der Waals surface area contributed by atoms with Gasteiger partial charge in [0.05, 0.1) is 24.9 Å². The molecule has 0 bridgehead atoms. The van der Waals surface area contributed by atoms with E-state index in [0.717, 1.165) is 5.69 Å². The maximum Gasteiger partial charge on any atom is 0.310 e. The van der Waals surface area contributed by atoms with Crippen molar-refractivity contribution in [1.29, 1.82) is 0 Å². The van der Waals surface area contributed by atoms with Gasteiger partial charge in [-0.25, -0.2) is 4.99 Å². The Bertz CT molecular complexity index is 782. The second-order valence-electron chi connectivity index (χ2n) is 5.62. The number of para-hydroxylation sites is 3. The summed E-state index contributed by atoms with van der Waals surface area (Å²) in [5.41, 5.74) is 0.794. The molecule has 3 N–H and O–H groups in total. The summed E-state index contributed by atoms with van der Waals surface area (Å²) < 4.78 is 4.71. The number of ether oxygens (including phenoxy) is 1. The quantitative estimate of drug-likeness (QED) is 0.732. The lowest BCUT2D eigenvalue weighted by atomic mass is 10.1. The maximum atomic E-state index is 11.7. The summed E-state index contributed by atoms with van der Waals surface area (Å²) in [5, 5.41) is 17.8. The van der Waals surface area contributed by atoms with Crippen LogP contribution in [0.1, 0.15) is 6.42 Å². The Morgan fingerprint density at radius 1 is 1.28 bits per heavy atom. The van der Waals surface area contributed by atoms with Gasteiger partial charge in [0.2, 0.25) is 0 Å². The second-order valence-corrected chi connectivity index (χ2v) is 6.59. The minimum absolute atomic E-state index is 0.163. The Hall–Kier alpha value is -2.51. The van der Waals surface area contributed by atoms with Crippen LogP contribution >= 0.6 is 11.8 Å². The predicted molar refractivity (Wildman–Crippen MR) is 101 cm³/mol. The fraction of sp³-hybridized carbons (Fsp3) is 0.222. The number of methoxy groups -OCH3 is 1. The van der Waals surface area contributed by atoms with Gasteiger partial charge in [0.1, 0.15) is 0 Å². The summed E-state index contributed by atoms with van der Waals surface area (Å²) in [6.45, 7) is 0. The molecule has 0 aliphatic carbocycles. The molecule has 1 aliphatic rings. The van der Waals surface area contributed by atoms with Crippen LogP contribution in [0, 0.1) is 0 Å². The normalized spacial score (nSPS) is 19.5. The molecule has 2 aromatic carbocycles. The van der Waals surface area contributed by atoms with Crippen LogP contribution in [-0.2, 0) is 9.53 Å². The first-order valence-electron chi connectivity index (χ1n) is 7.78.